The molecular formula is C16H23NO6S2. The van der Waals surface area contributed by atoms with Crippen molar-refractivity contribution < 1.29 is 27.6 Å². The Kier molecular flexibility index (Phi) is 7.73. The van der Waals surface area contributed by atoms with Gasteiger partial charge in [-0.25, -0.2) is 4.18 Å². The topological polar surface area (TPSA) is 96.3 Å². The highest BCUT2D eigenvalue weighted by atomic mass is 32.2. The van der Waals surface area contributed by atoms with Crippen LogP contribution >= 0.6 is 11.8 Å². The second-order valence-electron chi connectivity index (χ2n) is 5.30. The molecule has 0 saturated carbocycles. The fourth-order valence-corrected chi connectivity index (χ4v) is 4.88. The highest BCUT2D eigenvalue weighted by Crippen LogP contribution is 2.41. The molecule has 1 unspecified atom stereocenters. The number of aliphatic hydroxyl groups is 2. The summed E-state index contributed by atoms with van der Waals surface area (Å²) in [7, 11) is -3.91. The minimum absolute atomic E-state index is 0.0211. The van der Waals surface area contributed by atoms with Gasteiger partial charge in [0.1, 0.15) is 0 Å². The number of nitrogens with zero attached hydrogens (tertiary/aromatic N) is 1. The molecule has 25 heavy (non-hydrogen) atoms. The number of rotatable bonds is 10. The van der Waals surface area contributed by atoms with E-state index in [4.69, 9.17) is 14.0 Å². The first kappa shape index (κ1) is 20.2. The van der Waals surface area contributed by atoms with Crippen LogP contribution in [0.25, 0.3) is 0 Å². The van der Waals surface area contributed by atoms with Crippen molar-refractivity contribution in [2.75, 3.05) is 33.0 Å². The zero-order valence-electron chi connectivity index (χ0n) is 14.0. The van der Waals surface area contributed by atoms with Gasteiger partial charge in [-0.05, 0) is 19.1 Å². The summed E-state index contributed by atoms with van der Waals surface area (Å²) in [4.78, 5) is 2.78. The van der Waals surface area contributed by atoms with Crippen LogP contribution in [0, 0.1) is 0 Å². The van der Waals surface area contributed by atoms with Crippen LogP contribution in [0.2, 0.25) is 0 Å². The number of benzene rings is 1. The third-order valence-electron chi connectivity index (χ3n) is 3.62. The van der Waals surface area contributed by atoms with Gasteiger partial charge >= 0.3 is 0 Å². The van der Waals surface area contributed by atoms with Crippen molar-refractivity contribution in [1.82, 2.24) is 4.90 Å². The summed E-state index contributed by atoms with van der Waals surface area (Å²) < 4.78 is 35.7. The summed E-state index contributed by atoms with van der Waals surface area (Å²) in [6.45, 7) is 2.75. The van der Waals surface area contributed by atoms with Gasteiger partial charge in [-0.3, -0.25) is 0 Å². The van der Waals surface area contributed by atoms with E-state index in [0.717, 1.165) is 10.6 Å². The van der Waals surface area contributed by atoms with E-state index in [1.165, 1.54) is 23.9 Å². The van der Waals surface area contributed by atoms with Gasteiger partial charge in [0.25, 0.3) is 10.1 Å². The van der Waals surface area contributed by atoms with E-state index in [0.29, 0.717) is 19.6 Å². The SMILES string of the molecule is CC1=C(CCO)SC(OS(=O)(=O)c2ccccc2)N1CCOCCO. The van der Waals surface area contributed by atoms with E-state index >= 15 is 0 Å². The number of thioether (sulfide) groups is 1. The molecule has 1 atom stereocenters. The molecule has 0 spiro atoms. The second kappa shape index (κ2) is 9.56. The minimum atomic E-state index is -3.91. The van der Waals surface area contributed by atoms with Gasteiger partial charge in [0.15, 0.2) is 0 Å². The van der Waals surface area contributed by atoms with Gasteiger partial charge in [0, 0.05) is 30.2 Å². The zero-order chi connectivity index (χ0) is 18.3. The molecule has 0 aliphatic carbocycles. The molecule has 1 aliphatic heterocycles. The van der Waals surface area contributed by atoms with Crippen LogP contribution in [0.15, 0.2) is 45.8 Å². The molecule has 1 aromatic carbocycles. The fourth-order valence-electron chi connectivity index (χ4n) is 2.36. The quantitative estimate of drug-likeness (QED) is 0.457. The predicted molar refractivity (Wildman–Crippen MR) is 95.1 cm³/mol. The summed E-state index contributed by atoms with van der Waals surface area (Å²) in [6, 6.07) is 7.98. The normalized spacial score (nSPS) is 18.2. The molecule has 2 rings (SSSR count). The molecule has 0 bridgehead atoms. The molecule has 7 nitrogen and oxygen atoms in total. The molecule has 2 N–H and O–H groups in total. The van der Waals surface area contributed by atoms with Gasteiger partial charge in [-0.15, -0.1) is 0 Å². The third kappa shape index (κ3) is 5.44. The van der Waals surface area contributed by atoms with Crippen LogP contribution in [0.1, 0.15) is 13.3 Å². The minimum Gasteiger partial charge on any atom is -0.396 e. The average molecular weight is 389 g/mol. The summed E-state index contributed by atoms with van der Waals surface area (Å²) in [6.07, 6.45) is 0.440. The first-order valence-electron chi connectivity index (χ1n) is 7.90. The van der Waals surface area contributed by atoms with Crippen LogP contribution < -0.4 is 0 Å². The van der Waals surface area contributed by atoms with E-state index in [1.54, 1.807) is 23.1 Å². The lowest BCUT2D eigenvalue weighted by molar-refractivity contribution is 0.0583. The Balaban J connectivity index is 2.11. The number of allylic oxidation sites excluding steroid dienone is 1. The van der Waals surface area contributed by atoms with E-state index in [2.05, 4.69) is 0 Å². The van der Waals surface area contributed by atoms with Crippen molar-refractivity contribution in [1.29, 1.82) is 0 Å². The Bertz CT molecular complexity index is 677. The average Bonchev–Trinajstić information content (AvgIpc) is 2.88. The van der Waals surface area contributed by atoms with Crippen molar-refractivity contribution in [3.05, 3.63) is 40.9 Å². The zero-order valence-corrected chi connectivity index (χ0v) is 15.6. The lowest BCUT2D eigenvalue weighted by atomic mass is 10.3. The van der Waals surface area contributed by atoms with Crippen molar-refractivity contribution >= 4 is 21.9 Å². The Labute approximate surface area is 152 Å². The molecule has 1 heterocycles. The standard InChI is InChI=1S/C16H23NO6S2/c1-13-15(7-9-18)24-16(17(13)8-11-22-12-10-19)23-25(20,21)14-5-3-2-4-6-14/h2-6,16,18-19H,7-12H2,1H3. The Morgan fingerprint density at radius 1 is 1.16 bits per heavy atom. The second-order valence-corrected chi connectivity index (χ2v) is 8.00. The van der Waals surface area contributed by atoms with E-state index in [9.17, 15) is 13.5 Å². The van der Waals surface area contributed by atoms with Crippen LogP contribution in [0.4, 0.5) is 0 Å². The number of ether oxygens (including phenoxy) is 1. The molecule has 0 saturated heterocycles. The summed E-state index contributed by atoms with van der Waals surface area (Å²) in [5, 5.41) is 18.0. The predicted octanol–water partition coefficient (Wildman–Crippen LogP) is 1.35. The first-order valence-corrected chi connectivity index (χ1v) is 10.2. The maximum Gasteiger partial charge on any atom is 0.299 e. The Morgan fingerprint density at radius 3 is 2.52 bits per heavy atom. The fraction of sp³-hybridized carbons (Fsp3) is 0.500. The molecular weight excluding hydrogens is 366 g/mol. The van der Waals surface area contributed by atoms with Crippen LogP contribution in [0.3, 0.4) is 0 Å². The van der Waals surface area contributed by atoms with Gasteiger partial charge in [0.05, 0.1) is 24.7 Å². The summed E-state index contributed by atoms with van der Waals surface area (Å²) >= 11 is 1.28. The van der Waals surface area contributed by atoms with Crippen LogP contribution in [-0.4, -0.2) is 62.1 Å². The largest absolute Gasteiger partial charge is 0.396 e. The van der Waals surface area contributed by atoms with Crippen molar-refractivity contribution in [3.8, 4) is 0 Å². The van der Waals surface area contributed by atoms with Gasteiger partial charge in [-0.2, -0.15) is 8.42 Å². The monoisotopic (exact) mass is 389 g/mol. The Morgan fingerprint density at radius 2 is 1.88 bits per heavy atom. The van der Waals surface area contributed by atoms with Crippen molar-refractivity contribution in [2.45, 2.75) is 23.8 Å². The highest BCUT2D eigenvalue weighted by Gasteiger charge is 2.34. The summed E-state index contributed by atoms with van der Waals surface area (Å²) in [5.41, 5.74) is 0.115. The van der Waals surface area contributed by atoms with Gasteiger partial charge in [0.2, 0.25) is 5.56 Å². The first-order chi connectivity index (χ1) is 12.0. The smallest absolute Gasteiger partial charge is 0.299 e. The molecule has 1 aliphatic rings. The number of aliphatic hydroxyl groups excluding tert-OH is 2. The van der Waals surface area contributed by atoms with E-state index in [-0.39, 0.29) is 24.7 Å². The third-order valence-corrected chi connectivity index (χ3v) is 6.37. The van der Waals surface area contributed by atoms with Gasteiger partial charge < -0.3 is 19.8 Å². The lowest BCUT2D eigenvalue weighted by Crippen LogP contribution is -2.34. The Hall–Kier alpha value is -1.10. The molecule has 140 valence electrons. The molecule has 0 radical (unpaired) electrons. The maximum absolute atomic E-state index is 12.5. The van der Waals surface area contributed by atoms with E-state index in [1.807, 2.05) is 6.92 Å². The van der Waals surface area contributed by atoms with E-state index < -0.39 is 15.7 Å². The maximum atomic E-state index is 12.5. The molecule has 0 aromatic heterocycles. The van der Waals surface area contributed by atoms with Gasteiger partial charge in [-0.1, -0.05) is 30.0 Å². The lowest BCUT2D eigenvalue weighted by Gasteiger charge is -2.26. The highest BCUT2D eigenvalue weighted by molar-refractivity contribution is 8.04. The molecule has 1 aromatic rings. The summed E-state index contributed by atoms with van der Waals surface area (Å²) in [5.74, 6) is 0. The van der Waals surface area contributed by atoms with Crippen molar-refractivity contribution in [2.24, 2.45) is 0 Å². The molecule has 0 fully saturated rings. The number of hydrogen-bond donors (Lipinski definition) is 2. The van der Waals surface area contributed by atoms with Crippen LogP contribution in [-0.2, 0) is 19.0 Å². The van der Waals surface area contributed by atoms with Crippen molar-refractivity contribution in [3.63, 3.8) is 0 Å². The number of hydrogen-bond acceptors (Lipinski definition) is 8. The molecule has 9 heteroatoms. The van der Waals surface area contributed by atoms with Crippen LogP contribution in [0.5, 0.6) is 0 Å². The molecule has 0 amide bonds.